The largest absolute Gasteiger partial charge is 0.504 e. The average molecular weight is 478 g/mol. The molecule has 34 heavy (non-hydrogen) atoms. The lowest BCUT2D eigenvalue weighted by atomic mass is 9.40. The third-order valence-corrected chi connectivity index (χ3v) is 10.8. The van der Waals surface area contributed by atoms with Crippen molar-refractivity contribution in [3.8, 4) is 11.5 Å². The van der Waals surface area contributed by atoms with Crippen LogP contribution < -0.4 is 4.74 Å². The maximum absolute atomic E-state index is 12.1. The molecule has 2 aliphatic heterocycles. The number of methoxy groups -OCH3 is 1. The van der Waals surface area contributed by atoms with E-state index < -0.39 is 11.2 Å². The van der Waals surface area contributed by atoms with Crippen LogP contribution in [0.5, 0.6) is 11.5 Å². The van der Waals surface area contributed by atoms with E-state index in [2.05, 4.69) is 16.3 Å². The molecular weight excluding hydrogens is 446 g/mol. The van der Waals surface area contributed by atoms with Gasteiger partial charge in [-0.2, -0.15) is 11.3 Å². The van der Waals surface area contributed by atoms with Crippen LogP contribution in [0.25, 0.3) is 0 Å². The van der Waals surface area contributed by atoms with Gasteiger partial charge in [0.2, 0.25) is 0 Å². The topological polar surface area (TPSA) is 62.2 Å². The Labute approximate surface area is 204 Å². The summed E-state index contributed by atoms with van der Waals surface area (Å²) >= 11 is 1.62. The monoisotopic (exact) mass is 477 g/mol. The molecule has 4 aliphatic carbocycles. The van der Waals surface area contributed by atoms with E-state index in [9.17, 15) is 10.2 Å². The first-order valence-electron chi connectivity index (χ1n) is 12.7. The van der Waals surface area contributed by atoms with Crippen molar-refractivity contribution in [2.45, 2.75) is 67.8 Å². The SMILES string of the molecule is CO[C@@]12CC(=C3[C@H]4Cc5ccc(O)c6c5[C@@]3(CCN4CC3CC3)[C@H]1O6)[C@@H]2[C@](C)(O)c1ccsc1. The van der Waals surface area contributed by atoms with Crippen LogP contribution in [0.4, 0.5) is 0 Å². The smallest absolute Gasteiger partial charge is 0.166 e. The molecule has 2 saturated carbocycles. The number of aromatic hydroxyl groups is 1. The van der Waals surface area contributed by atoms with Gasteiger partial charge < -0.3 is 19.7 Å². The van der Waals surface area contributed by atoms with Crippen molar-refractivity contribution in [2.75, 3.05) is 20.2 Å². The van der Waals surface area contributed by atoms with E-state index in [0.717, 1.165) is 37.3 Å². The molecule has 1 aromatic carbocycles. The zero-order valence-corrected chi connectivity index (χ0v) is 20.5. The summed E-state index contributed by atoms with van der Waals surface area (Å²) in [6.45, 7) is 4.18. The van der Waals surface area contributed by atoms with Gasteiger partial charge in [-0.25, -0.2) is 0 Å². The number of aliphatic hydroxyl groups is 1. The minimum atomic E-state index is -1.05. The highest BCUT2D eigenvalue weighted by Crippen LogP contribution is 2.73. The first-order valence-corrected chi connectivity index (χ1v) is 13.7. The second kappa shape index (κ2) is 6.28. The van der Waals surface area contributed by atoms with Crippen LogP contribution in [-0.2, 0) is 22.2 Å². The second-order valence-electron chi connectivity index (χ2n) is 11.7. The number of phenolic OH excluding ortho intramolecular Hbond substituents is 1. The fourth-order valence-corrected chi connectivity index (χ4v) is 9.43. The summed E-state index contributed by atoms with van der Waals surface area (Å²) in [7, 11) is 1.78. The maximum Gasteiger partial charge on any atom is 0.166 e. The predicted octanol–water partition coefficient (Wildman–Crippen LogP) is 4.12. The Balaban J connectivity index is 1.39. The summed E-state index contributed by atoms with van der Waals surface area (Å²) in [6.07, 6.45) is 5.21. The van der Waals surface area contributed by atoms with E-state index in [4.69, 9.17) is 9.47 Å². The molecule has 6 aliphatic rings. The van der Waals surface area contributed by atoms with Crippen molar-refractivity contribution < 1.29 is 19.7 Å². The number of benzene rings is 1. The zero-order valence-electron chi connectivity index (χ0n) is 19.7. The molecule has 3 heterocycles. The van der Waals surface area contributed by atoms with Gasteiger partial charge in [-0.1, -0.05) is 11.6 Å². The molecule has 6 heteroatoms. The fourth-order valence-electron chi connectivity index (χ4n) is 8.66. The first kappa shape index (κ1) is 20.3. The normalized spacial score (nSPS) is 38.7. The summed E-state index contributed by atoms with van der Waals surface area (Å²) in [5, 5.41) is 27.1. The van der Waals surface area contributed by atoms with Crippen molar-refractivity contribution in [3.63, 3.8) is 0 Å². The predicted molar refractivity (Wildman–Crippen MR) is 129 cm³/mol. The van der Waals surface area contributed by atoms with Gasteiger partial charge in [0.25, 0.3) is 0 Å². The lowest BCUT2D eigenvalue weighted by Gasteiger charge is -2.69. The molecule has 1 aromatic heterocycles. The first-order chi connectivity index (χ1) is 16.4. The molecule has 5 nitrogen and oxygen atoms in total. The molecule has 4 bridgehead atoms. The van der Waals surface area contributed by atoms with Gasteiger partial charge in [0.1, 0.15) is 11.7 Å². The van der Waals surface area contributed by atoms with Crippen molar-refractivity contribution in [1.29, 1.82) is 0 Å². The van der Waals surface area contributed by atoms with Crippen LogP contribution in [-0.4, -0.2) is 53.1 Å². The van der Waals surface area contributed by atoms with E-state index >= 15 is 0 Å². The highest BCUT2D eigenvalue weighted by Gasteiger charge is 2.78. The molecule has 1 spiro atoms. The van der Waals surface area contributed by atoms with Gasteiger partial charge in [0.15, 0.2) is 11.5 Å². The van der Waals surface area contributed by atoms with Crippen LogP contribution in [0.15, 0.2) is 40.1 Å². The molecular formula is C28H31NO4S. The molecule has 2 N–H and O–H groups in total. The van der Waals surface area contributed by atoms with Crippen molar-refractivity contribution in [1.82, 2.24) is 4.90 Å². The number of fused-ring (bicyclic) bond motifs is 3. The number of rotatable bonds is 5. The minimum Gasteiger partial charge on any atom is -0.504 e. The zero-order chi connectivity index (χ0) is 23.0. The number of hydrogen-bond donors (Lipinski definition) is 2. The van der Waals surface area contributed by atoms with Crippen LogP contribution in [0.1, 0.15) is 49.3 Å². The van der Waals surface area contributed by atoms with E-state index in [1.165, 1.54) is 41.7 Å². The van der Waals surface area contributed by atoms with Crippen LogP contribution in [0.2, 0.25) is 0 Å². The number of ether oxygens (including phenoxy) is 2. The highest BCUT2D eigenvalue weighted by molar-refractivity contribution is 7.08. The van der Waals surface area contributed by atoms with Gasteiger partial charge in [-0.05, 0) is 78.1 Å². The van der Waals surface area contributed by atoms with Gasteiger partial charge in [0.05, 0.1) is 11.0 Å². The average Bonchev–Trinajstić information content (AvgIpc) is 3.29. The van der Waals surface area contributed by atoms with E-state index in [-0.39, 0.29) is 23.2 Å². The Hall–Kier alpha value is -1.86. The summed E-state index contributed by atoms with van der Waals surface area (Å²) in [4.78, 5) is 2.73. The van der Waals surface area contributed by atoms with E-state index in [1.807, 2.05) is 24.4 Å². The Morgan fingerprint density at radius 1 is 1.29 bits per heavy atom. The number of nitrogens with zero attached hydrogens (tertiary/aromatic N) is 1. The molecule has 2 aromatic rings. The Morgan fingerprint density at radius 2 is 2.15 bits per heavy atom. The minimum absolute atomic E-state index is 0.158. The lowest BCUT2D eigenvalue weighted by molar-refractivity contribution is -0.227. The van der Waals surface area contributed by atoms with Crippen molar-refractivity contribution in [3.05, 3.63) is 56.8 Å². The molecule has 0 unspecified atom stereocenters. The van der Waals surface area contributed by atoms with E-state index in [0.29, 0.717) is 11.8 Å². The Bertz CT molecular complexity index is 1250. The molecule has 0 amide bonds. The summed E-state index contributed by atoms with van der Waals surface area (Å²) in [5.41, 5.74) is 4.43. The summed E-state index contributed by atoms with van der Waals surface area (Å²) < 4.78 is 13.2. The highest BCUT2D eigenvalue weighted by atomic mass is 32.1. The molecule has 8 rings (SSSR count). The Kier molecular flexibility index (Phi) is 3.75. The van der Waals surface area contributed by atoms with Crippen LogP contribution >= 0.6 is 11.3 Å². The third kappa shape index (κ3) is 2.15. The lowest BCUT2D eigenvalue weighted by Crippen LogP contribution is -2.77. The third-order valence-electron chi connectivity index (χ3n) is 10.1. The van der Waals surface area contributed by atoms with Crippen LogP contribution in [0.3, 0.4) is 0 Å². The van der Waals surface area contributed by atoms with Crippen molar-refractivity contribution >= 4 is 11.3 Å². The quantitative estimate of drug-likeness (QED) is 0.635. The summed E-state index contributed by atoms with van der Waals surface area (Å²) in [6, 6.07) is 6.31. The molecule has 1 saturated heterocycles. The fraction of sp³-hybridized carbons (Fsp3) is 0.571. The number of phenols is 1. The standard InChI is InChI=1S/C28H31NO4S/c1-26(31,17-7-10-34-14-17)24-18-12-28(24,32-2)25-27-8-9-29(13-15-3-4-15)19(22(18)27)11-16-5-6-20(30)23(33-25)21(16)27/h5-7,10,14-15,19,24-25,30-31H,3-4,8-9,11-13H2,1-2H3/t19-,24-,25-,26-,27-,28-/m1/s1. The second-order valence-corrected chi connectivity index (χ2v) is 12.5. The van der Waals surface area contributed by atoms with Gasteiger partial charge in [-0.15, -0.1) is 0 Å². The number of hydrogen-bond acceptors (Lipinski definition) is 6. The van der Waals surface area contributed by atoms with Crippen molar-refractivity contribution in [2.24, 2.45) is 11.8 Å². The number of thiophene rings is 1. The molecule has 0 radical (unpaired) electrons. The molecule has 6 atom stereocenters. The van der Waals surface area contributed by atoms with E-state index in [1.54, 1.807) is 18.4 Å². The molecule has 3 fully saturated rings. The summed E-state index contributed by atoms with van der Waals surface area (Å²) in [5.74, 6) is 1.57. The van der Waals surface area contributed by atoms with Gasteiger partial charge in [0, 0.05) is 44.1 Å². The maximum atomic E-state index is 12.1. The molecule has 178 valence electrons. The van der Waals surface area contributed by atoms with Crippen LogP contribution in [0, 0.1) is 11.8 Å². The van der Waals surface area contributed by atoms with Gasteiger partial charge in [-0.3, -0.25) is 4.90 Å². The number of likely N-dealkylation sites (tertiary alicyclic amines) is 1. The number of piperidine rings is 1. The Morgan fingerprint density at radius 3 is 2.88 bits per heavy atom. The van der Waals surface area contributed by atoms with Gasteiger partial charge >= 0.3 is 0 Å².